The van der Waals surface area contributed by atoms with E-state index < -0.39 is 4.92 Å². The van der Waals surface area contributed by atoms with Gasteiger partial charge in [0, 0.05) is 25.2 Å². The maximum absolute atomic E-state index is 12.8. The molecular weight excluding hydrogens is 382 g/mol. The van der Waals surface area contributed by atoms with Crippen LogP contribution in [0.4, 0.5) is 5.69 Å². The molecule has 0 unspecified atom stereocenters. The number of rotatable bonds is 8. The van der Waals surface area contributed by atoms with E-state index in [1.807, 2.05) is 0 Å². The fraction of sp³-hybridized carbons (Fsp3) is 0.474. The number of carbonyl (C=O) groups is 1. The van der Waals surface area contributed by atoms with Gasteiger partial charge in [-0.05, 0) is 35.6 Å². The van der Waals surface area contributed by atoms with E-state index in [9.17, 15) is 14.9 Å². The molecule has 0 bridgehead atoms. The zero-order valence-corrected chi connectivity index (χ0v) is 17.7. The van der Waals surface area contributed by atoms with Crippen molar-refractivity contribution in [3.05, 3.63) is 44.8 Å². The highest BCUT2D eigenvalue weighted by Crippen LogP contribution is 2.33. The number of benzene rings is 1. The lowest BCUT2D eigenvalue weighted by atomic mass is 10.1. The maximum Gasteiger partial charge on any atom is 0.269 e. The Labute approximate surface area is 169 Å². The van der Waals surface area contributed by atoms with E-state index in [4.69, 9.17) is 12.2 Å². The maximum atomic E-state index is 12.8. The zero-order chi connectivity index (χ0) is 20.1. The van der Waals surface area contributed by atoms with E-state index in [0.29, 0.717) is 27.7 Å². The number of nitro benzene ring substituents is 1. The SMILES string of the molecule is CC(C)CN(CC(C)C)CN1C(=O)/C(=C/c2ccc([N+](=O)[O-])cc2)SC1=S. The highest BCUT2D eigenvalue weighted by molar-refractivity contribution is 8.26. The molecule has 1 aliphatic heterocycles. The summed E-state index contributed by atoms with van der Waals surface area (Å²) in [5.41, 5.74) is 0.764. The topological polar surface area (TPSA) is 66.7 Å². The third-order valence-electron chi connectivity index (χ3n) is 3.86. The molecule has 6 nitrogen and oxygen atoms in total. The van der Waals surface area contributed by atoms with E-state index >= 15 is 0 Å². The minimum Gasteiger partial charge on any atom is -0.285 e. The van der Waals surface area contributed by atoms with Crippen LogP contribution in [0.3, 0.4) is 0 Å². The van der Waals surface area contributed by atoms with Crippen molar-refractivity contribution >= 4 is 46.0 Å². The number of thioether (sulfide) groups is 1. The van der Waals surface area contributed by atoms with Crippen molar-refractivity contribution in [2.45, 2.75) is 27.7 Å². The Morgan fingerprint density at radius 2 is 1.74 bits per heavy atom. The summed E-state index contributed by atoms with van der Waals surface area (Å²) < 4.78 is 0.547. The minimum atomic E-state index is -0.443. The fourth-order valence-electron chi connectivity index (χ4n) is 2.89. The predicted molar refractivity (Wildman–Crippen MR) is 114 cm³/mol. The van der Waals surface area contributed by atoms with Gasteiger partial charge in [0.1, 0.15) is 4.32 Å². The predicted octanol–water partition coefficient (Wildman–Crippen LogP) is 4.37. The molecule has 1 saturated heterocycles. The van der Waals surface area contributed by atoms with Gasteiger partial charge >= 0.3 is 0 Å². The van der Waals surface area contributed by atoms with Gasteiger partial charge in [-0.15, -0.1) is 0 Å². The standard InChI is InChI=1S/C19H25N3O3S2/c1-13(2)10-20(11-14(3)4)12-21-18(23)17(27-19(21)26)9-15-5-7-16(8-6-15)22(24)25/h5-9,13-14H,10-12H2,1-4H3/b17-9-. The lowest BCUT2D eigenvalue weighted by molar-refractivity contribution is -0.384. The molecule has 0 radical (unpaired) electrons. The van der Waals surface area contributed by atoms with E-state index in [1.54, 1.807) is 23.1 Å². The molecule has 0 saturated carbocycles. The van der Waals surface area contributed by atoms with Crippen molar-refractivity contribution in [1.82, 2.24) is 9.80 Å². The van der Waals surface area contributed by atoms with Crippen molar-refractivity contribution < 1.29 is 9.72 Å². The molecule has 0 spiro atoms. The second-order valence-electron chi connectivity index (χ2n) is 7.42. The number of amides is 1. The first-order valence-corrected chi connectivity index (χ1v) is 10.1. The Hall–Kier alpha value is -1.77. The summed E-state index contributed by atoms with van der Waals surface area (Å²) in [6, 6.07) is 6.13. The van der Waals surface area contributed by atoms with Crippen LogP contribution in [0.1, 0.15) is 33.3 Å². The summed E-state index contributed by atoms with van der Waals surface area (Å²) in [6.45, 7) is 10.9. The van der Waals surface area contributed by atoms with E-state index in [0.717, 1.165) is 18.7 Å². The Kier molecular flexibility index (Phi) is 7.52. The van der Waals surface area contributed by atoms with Gasteiger partial charge in [-0.2, -0.15) is 0 Å². The van der Waals surface area contributed by atoms with Gasteiger partial charge in [-0.1, -0.05) is 51.7 Å². The normalized spacial score (nSPS) is 16.4. The minimum absolute atomic E-state index is 0.0257. The molecule has 1 amide bonds. The molecule has 0 aromatic heterocycles. The summed E-state index contributed by atoms with van der Waals surface area (Å²) in [4.78, 5) is 27.6. The van der Waals surface area contributed by atoms with Gasteiger partial charge in [-0.25, -0.2) is 0 Å². The van der Waals surface area contributed by atoms with Gasteiger partial charge in [0.05, 0.1) is 16.5 Å². The van der Waals surface area contributed by atoms with Crippen molar-refractivity contribution in [2.24, 2.45) is 11.8 Å². The number of hydrogen-bond acceptors (Lipinski definition) is 6. The summed E-state index contributed by atoms with van der Waals surface area (Å²) in [5.74, 6) is 0.886. The molecule has 1 fully saturated rings. The van der Waals surface area contributed by atoms with Crippen molar-refractivity contribution in [3.63, 3.8) is 0 Å². The Balaban J connectivity index is 2.13. The molecule has 1 heterocycles. The molecule has 0 atom stereocenters. The summed E-state index contributed by atoms with van der Waals surface area (Å²) >= 11 is 6.70. The number of nitro groups is 1. The zero-order valence-electron chi connectivity index (χ0n) is 16.0. The number of thiocarbonyl (C=S) groups is 1. The Morgan fingerprint density at radius 3 is 2.22 bits per heavy atom. The summed E-state index contributed by atoms with van der Waals surface area (Å²) in [5, 5.41) is 10.8. The molecule has 2 rings (SSSR count). The summed E-state index contributed by atoms with van der Waals surface area (Å²) in [7, 11) is 0. The highest BCUT2D eigenvalue weighted by atomic mass is 32.2. The lowest BCUT2D eigenvalue weighted by Gasteiger charge is -2.29. The number of hydrogen-bond donors (Lipinski definition) is 0. The van der Waals surface area contributed by atoms with Gasteiger partial charge in [0.25, 0.3) is 11.6 Å². The highest BCUT2D eigenvalue weighted by Gasteiger charge is 2.33. The molecule has 8 heteroatoms. The Morgan fingerprint density at radius 1 is 1.19 bits per heavy atom. The van der Waals surface area contributed by atoms with Crippen LogP contribution in [0.2, 0.25) is 0 Å². The average molecular weight is 408 g/mol. The molecule has 146 valence electrons. The van der Waals surface area contributed by atoms with Crippen LogP contribution >= 0.6 is 24.0 Å². The smallest absolute Gasteiger partial charge is 0.269 e. The second kappa shape index (κ2) is 9.43. The summed E-state index contributed by atoms with van der Waals surface area (Å²) in [6.07, 6.45) is 1.73. The van der Waals surface area contributed by atoms with Crippen molar-refractivity contribution in [2.75, 3.05) is 19.8 Å². The van der Waals surface area contributed by atoms with Gasteiger partial charge in [-0.3, -0.25) is 24.7 Å². The molecule has 1 aromatic rings. The molecule has 0 aliphatic carbocycles. The largest absolute Gasteiger partial charge is 0.285 e. The van der Waals surface area contributed by atoms with Crippen molar-refractivity contribution in [3.8, 4) is 0 Å². The number of non-ortho nitro benzene ring substituents is 1. The van der Waals surface area contributed by atoms with Crippen LogP contribution in [0.5, 0.6) is 0 Å². The first-order chi connectivity index (χ1) is 12.7. The third kappa shape index (κ3) is 6.12. The molecular formula is C19H25N3O3S2. The average Bonchev–Trinajstić information content (AvgIpc) is 2.81. The first kappa shape index (κ1) is 21.5. The number of nitrogens with zero attached hydrogens (tertiary/aromatic N) is 3. The third-order valence-corrected chi connectivity index (χ3v) is 5.24. The van der Waals surface area contributed by atoms with E-state index in [-0.39, 0.29) is 11.6 Å². The fourth-order valence-corrected chi connectivity index (χ4v) is 4.13. The first-order valence-electron chi connectivity index (χ1n) is 8.89. The van der Waals surface area contributed by atoms with Crippen LogP contribution < -0.4 is 0 Å². The lowest BCUT2D eigenvalue weighted by Crippen LogP contribution is -2.43. The van der Waals surface area contributed by atoms with Crippen LogP contribution in [0.25, 0.3) is 6.08 Å². The monoisotopic (exact) mass is 407 g/mol. The van der Waals surface area contributed by atoms with Gasteiger partial charge < -0.3 is 0 Å². The van der Waals surface area contributed by atoms with Crippen LogP contribution in [0, 0.1) is 22.0 Å². The second-order valence-corrected chi connectivity index (χ2v) is 9.10. The molecule has 27 heavy (non-hydrogen) atoms. The van der Waals surface area contributed by atoms with Crippen LogP contribution in [0.15, 0.2) is 29.2 Å². The number of carbonyl (C=O) groups excluding carboxylic acids is 1. The quantitative estimate of drug-likeness (QED) is 0.276. The van der Waals surface area contributed by atoms with Crippen LogP contribution in [-0.4, -0.2) is 44.7 Å². The van der Waals surface area contributed by atoms with Gasteiger partial charge in [0.2, 0.25) is 0 Å². The van der Waals surface area contributed by atoms with Gasteiger partial charge in [0.15, 0.2) is 0 Å². The van der Waals surface area contributed by atoms with Crippen molar-refractivity contribution in [1.29, 1.82) is 0 Å². The molecule has 0 N–H and O–H groups in total. The van der Waals surface area contributed by atoms with Crippen LogP contribution in [-0.2, 0) is 4.79 Å². The molecule has 1 aromatic carbocycles. The molecule has 1 aliphatic rings. The Bertz CT molecular complexity index is 735. The van der Waals surface area contributed by atoms with E-state index in [2.05, 4.69) is 32.6 Å². The van der Waals surface area contributed by atoms with E-state index in [1.165, 1.54) is 23.9 Å².